The molecule has 1 unspecified atom stereocenters. The summed E-state index contributed by atoms with van der Waals surface area (Å²) in [7, 11) is 0. The first-order valence-corrected chi connectivity index (χ1v) is 6.58. The Hall–Kier alpha value is -2.42. The van der Waals surface area contributed by atoms with Crippen LogP contribution in [0.2, 0.25) is 0 Å². The number of ether oxygens (including phenoxy) is 1. The van der Waals surface area contributed by atoms with E-state index in [9.17, 15) is 14.9 Å². The minimum Gasteiger partial charge on any atom is -0.463 e. The fraction of sp³-hybridized carbons (Fsp3) is 0.333. The molecule has 21 heavy (non-hydrogen) atoms. The van der Waals surface area contributed by atoms with Crippen molar-refractivity contribution >= 4 is 34.9 Å². The number of hydrogen-bond acceptors (Lipinski definition) is 6. The Morgan fingerprint density at radius 3 is 2.86 bits per heavy atom. The Labute approximate surface area is 125 Å². The zero-order valence-electron chi connectivity index (χ0n) is 11.3. The number of esters is 1. The van der Waals surface area contributed by atoms with E-state index in [0.717, 1.165) is 0 Å². The Morgan fingerprint density at radius 2 is 2.29 bits per heavy atom. The van der Waals surface area contributed by atoms with Crippen LogP contribution in [0.3, 0.4) is 0 Å². The van der Waals surface area contributed by atoms with Crippen molar-refractivity contribution in [3.05, 3.63) is 33.6 Å². The van der Waals surface area contributed by atoms with Crippen LogP contribution < -0.4 is 10.6 Å². The monoisotopic (exact) mass is 311 g/mol. The highest BCUT2D eigenvalue weighted by Crippen LogP contribution is 2.27. The van der Waals surface area contributed by atoms with Gasteiger partial charge < -0.3 is 19.8 Å². The molecular weight excluding hydrogens is 298 g/mol. The van der Waals surface area contributed by atoms with Crippen molar-refractivity contribution in [2.75, 3.05) is 6.61 Å². The summed E-state index contributed by atoms with van der Waals surface area (Å²) in [5.74, 6) is -0.804. The van der Waals surface area contributed by atoms with E-state index in [1.807, 2.05) is 0 Å². The van der Waals surface area contributed by atoms with Crippen LogP contribution in [-0.4, -0.2) is 28.7 Å². The minimum absolute atomic E-state index is 0.153. The third-order valence-corrected chi connectivity index (χ3v) is 3.02. The second kappa shape index (κ2) is 5.92. The Balaban J connectivity index is 2.50. The lowest BCUT2D eigenvalue weighted by Gasteiger charge is -2.27. The predicted molar refractivity (Wildman–Crippen MR) is 77.2 cm³/mol. The van der Waals surface area contributed by atoms with Gasteiger partial charge in [0, 0.05) is 0 Å². The molecule has 0 aromatic carbocycles. The molecule has 2 rings (SSSR count). The van der Waals surface area contributed by atoms with Crippen molar-refractivity contribution in [2.24, 2.45) is 0 Å². The van der Waals surface area contributed by atoms with Crippen molar-refractivity contribution in [3.8, 4) is 0 Å². The van der Waals surface area contributed by atoms with Gasteiger partial charge in [0.2, 0.25) is 0 Å². The highest BCUT2D eigenvalue weighted by Gasteiger charge is 2.31. The summed E-state index contributed by atoms with van der Waals surface area (Å²) < 4.78 is 10.1. The predicted octanol–water partition coefficient (Wildman–Crippen LogP) is 1.33. The van der Waals surface area contributed by atoms with Crippen LogP contribution in [0.25, 0.3) is 5.70 Å². The normalized spacial score (nSPS) is 18.0. The van der Waals surface area contributed by atoms with Crippen molar-refractivity contribution in [1.82, 2.24) is 10.6 Å². The van der Waals surface area contributed by atoms with Crippen molar-refractivity contribution in [2.45, 2.75) is 19.9 Å². The molecule has 1 atom stereocenters. The maximum absolute atomic E-state index is 12.1. The molecule has 8 nitrogen and oxygen atoms in total. The third-order valence-electron chi connectivity index (χ3n) is 2.80. The molecule has 0 saturated carbocycles. The molecule has 1 aromatic heterocycles. The molecule has 1 aliphatic heterocycles. The molecule has 0 aliphatic carbocycles. The number of carbonyl (C=O) groups is 1. The van der Waals surface area contributed by atoms with Crippen LogP contribution >= 0.6 is 12.2 Å². The zero-order valence-corrected chi connectivity index (χ0v) is 12.2. The molecule has 2 N–H and O–H groups in total. The number of nitrogens with zero attached hydrogens (tertiary/aromatic N) is 1. The van der Waals surface area contributed by atoms with Gasteiger partial charge >= 0.3 is 11.9 Å². The summed E-state index contributed by atoms with van der Waals surface area (Å²) in [6.45, 7) is 3.64. The lowest BCUT2D eigenvalue weighted by atomic mass is 10.0. The Bertz CT molecular complexity index is 637. The van der Waals surface area contributed by atoms with Crippen molar-refractivity contribution in [1.29, 1.82) is 0 Å². The number of nitrogens with one attached hydrogen (secondary N) is 2. The summed E-state index contributed by atoms with van der Waals surface area (Å²) in [5, 5.41) is 16.7. The number of hydrogen-bond donors (Lipinski definition) is 2. The van der Waals surface area contributed by atoms with Crippen LogP contribution in [0.1, 0.15) is 19.6 Å². The van der Waals surface area contributed by atoms with E-state index in [2.05, 4.69) is 10.6 Å². The first-order chi connectivity index (χ1) is 9.93. The first-order valence-electron chi connectivity index (χ1n) is 6.17. The quantitative estimate of drug-likeness (QED) is 0.371. The number of thiocarbonyl (C=S) groups is 1. The summed E-state index contributed by atoms with van der Waals surface area (Å²) in [5.41, 5.74) is 0.549. The van der Waals surface area contributed by atoms with Crippen LogP contribution in [0, 0.1) is 10.1 Å². The van der Waals surface area contributed by atoms with Gasteiger partial charge in [-0.1, -0.05) is 0 Å². The summed E-state index contributed by atoms with van der Waals surface area (Å²) in [6, 6.07) is 2.21. The Morgan fingerprint density at radius 1 is 1.57 bits per heavy atom. The summed E-state index contributed by atoms with van der Waals surface area (Å²) in [4.78, 5) is 22.1. The van der Waals surface area contributed by atoms with Gasteiger partial charge in [0.15, 0.2) is 10.9 Å². The lowest BCUT2D eigenvalue weighted by Crippen LogP contribution is -2.48. The first kappa shape index (κ1) is 15.0. The lowest BCUT2D eigenvalue weighted by molar-refractivity contribution is -0.402. The molecule has 0 radical (unpaired) electrons. The van der Waals surface area contributed by atoms with Gasteiger partial charge in [-0.2, -0.15) is 0 Å². The molecule has 0 fully saturated rings. The average molecular weight is 311 g/mol. The van der Waals surface area contributed by atoms with E-state index >= 15 is 0 Å². The number of furan rings is 1. The standard InChI is InChI=1S/C12H13N3O5S/c1-3-19-11(16)9-6(2)13-12(21)14-10(9)7-4-5-8(20-7)15(17)18/h4-6H,3H2,1-2H3,(H2,13,14,21). The summed E-state index contributed by atoms with van der Waals surface area (Å²) >= 11 is 5.04. The van der Waals surface area contributed by atoms with E-state index in [1.165, 1.54) is 12.1 Å². The van der Waals surface area contributed by atoms with Crippen LogP contribution in [0.4, 0.5) is 5.88 Å². The van der Waals surface area contributed by atoms with Crippen LogP contribution in [0.5, 0.6) is 0 Å². The minimum atomic E-state index is -0.656. The fourth-order valence-corrected chi connectivity index (χ4v) is 2.22. The van der Waals surface area contributed by atoms with Gasteiger partial charge in [-0.15, -0.1) is 0 Å². The van der Waals surface area contributed by atoms with Crippen molar-refractivity contribution < 1.29 is 18.9 Å². The molecule has 0 saturated heterocycles. The van der Waals surface area contributed by atoms with E-state index in [1.54, 1.807) is 13.8 Å². The summed E-state index contributed by atoms with van der Waals surface area (Å²) in [6.07, 6.45) is 0. The highest BCUT2D eigenvalue weighted by atomic mass is 32.1. The number of rotatable bonds is 4. The average Bonchev–Trinajstić information content (AvgIpc) is 2.87. The second-order valence-electron chi connectivity index (χ2n) is 4.22. The smallest absolute Gasteiger partial charge is 0.433 e. The molecule has 1 aromatic rings. The maximum atomic E-state index is 12.1. The zero-order chi connectivity index (χ0) is 15.6. The molecular formula is C12H13N3O5S. The van der Waals surface area contributed by atoms with Gasteiger partial charge in [-0.05, 0) is 32.1 Å². The molecule has 9 heteroatoms. The molecule has 112 valence electrons. The fourth-order valence-electron chi connectivity index (χ4n) is 1.94. The molecule has 2 heterocycles. The van der Waals surface area contributed by atoms with Crippen LogP contribution in [-0.2, 0) is 9.53 Å². The van der Waals surface area contributed by atoms with Crippen molar-refractivity contribution in [3.63, 3.8) is 0 Å². The van der Waals surface area contributed by atoms with Gasteiger partial charge in [-0.3, -0.25) is 10.1 Å². The topological polar surface area (TPSA) is 107 Å². The van der Waals surface area contributed by atoms with E-state index < -0.39 is 22.8 Å². The molecule has 0 amide bonds. The number of nitro groups is 1. The molecule has 1 aliphatic rings. The van der Waals surface area contributed by atoms with E-state index in [0.29, 0.717) is 5.11 Å². The second-order valence-corrected chi connectivity index (χ2v) is 4.63. The maximum Gasteiger partial charge on any atom is 0.433 e. The number of carbonyl (C=O) groups excluding carboxylic acids is 1. The van der Waals surface area contributed by atoms with E-state index in [-0.39, 0.29) is 23.6 Å². The highest BCUT2D eigenvalue weighted by molar-refractivity contribution is 7.80. The van der Waals surface area contributed by atoms with Gasteiger partial charge in [0.05, 0.1) is 30.0 Å². The third kappa shape index (κ3) is 3.02. The Kier molecular flexibility index (Phi) is 4.22. The van der Waals surface area contributed by atoms with E-state index in [4.69, 9.17) is 21.4 Å². The SMILES string of the molecule is CCOC(=O)C1=C(c2ccc([N+](=O)[O-])o2)NC(=S)NC1C. The molecule has 0 bridgehead atoms. The van der Waals surface area contributed by atoms with Gasteiger partial charge in [0.25, 0.3) is 0 Å². The largest absolute Gasteiger partial charge is 0.463 e. The van der Waals surface area contributed by atoms with Gasteiger partial charge in [-0.25, -0.2) is 4.79 Å². The van der Waals surface area contributed by atoms with Crippen LogP contribution in [0.15, 0.2) is 22.1 Å². The molecule has 0 spiro atoms. The van der Waals surface area contributed by atoms with Gasteiger partial charge in [0.1, 0.15) is 4.92 Å².